The van der Waals surface area contributed by atoms with Crippen LogP contribution in [0.5, 0.6) is 5.75 Å². The van der Waals surface area contributed by atoms with E-state index in [-0.39, 0.29) is 4.90 Å². The van der Waals surface area contributed by atoms with Crippen LogP contribution in [0.1, 0.15) is 11.1 Å². The molecule has 0 aliphatic carbocycles. The standard InChI is InChI=1S/C20H16BrClN2O3S/c21-20-11-8-18(27-14-15-4-2-1-3-5-15)12-16(20)13-23-24-28(25,26)19-9-6-17(22)7-10-19/h1-13,24H,14H2. The van der Waals surface area contributed by atoms with Gasteiger partial charge in [0, 0.05) is 15.1 Å². The van der Waals surface area contributed by atoms with E-state index in [2.05, 4.69) is 25.9 Å². The van der Waals surface area contributed by atoms with E-state index in [1.165, 1.54) is 30.5 Å². The summed E-state index contributed by atoms with van der Waals surface area (Å²) in [6, 6.07) is 21.0. The predicted octanol–water partition coefficient (Wildman–Crippen LogP) is 4.99. The van der Waals surface area contributed by atoms with E-state index in [0.29, 0.717) is 22.9 Å². The van der Waals surface area contributed by atoms with Crippen LogP contribution >= 0.6 is 27.5 Å². The fourth-order valence-corrected chi connectivity index (χ4v) is 3.55. The average Bonchev–Trinajstić information content (AvgIpc) is 2.69. The first kappa shape index (κ1) is 20.4. The molecule has 0 aliphatic heterocycles. The summed E-state index contributed by atoms with van der Waals surface area (Å²) in [4.78, 5) is 2.26. The Labute approximate surface area is 177 Å². The van der Waals surface area contributed by atoms with Gasteiger partial charge in [0.2, 0.25) is 0 Å². The number of nitrogens with one attached hydrogen (secondary N) is 1. The van der Waals surface area contributed by atoms with Gasteiger partial charge in [-0.3, -0.25) is 0 Å². The Bertz CT molecular complexity index is 1070. The Hall–Kier alpha value is -2.35. The van der Waals surface area contributed by atoms with Gasteiger partial charge in [0.1, 0.15) is 12.4 Å². The van der Waals surface area contributed by atoms with E-state index in [9.17, 15) is 8.42 Å². The Balaban J connectivity index is 1.68. The molecule has 0 fully saturated rings. The zero-order valence-corrected chi connectivity index (χ0v) is 17.7. The maximum atomic E-state index is 12.2. The first-order chi connectivity index (χ1) is 13.4. The molecule has 0 aliphatic rings. The van der Waals surface area contributed by atoms with E-state index < -0.39 is 10.0 Å². The molecular formula is C20H16BrClN2O3S. The number of halogens is 2. The largest absolute Gasteiger partial charge is 0.489 e. The molecular weight excluding hydrogens is 464 g/mol. The maximum absolute atomic E-state index is 12.2. The third-order valence-corrected chi connectivity index (χ3v) is 5.93. The van der Waals surface area contributed by atoms with Crippen molar-refractivity contribution in [3.05, 3.63) is 93.4 Å². The molecule has 144 valence electrons. The Morgan fingerprint density at radius 3 is 2.46 bits per heavy atom. The van der Waals surface area contributed by atoms with E-state index in [1.807, 2.05) is 42.5 Å². The highest BCUT2D eigenvalue weighted by atomic mass is 79.9. The van der Waals surface area contributed by atoms with Gasteiger partial charge in [-0.1, -0.05) is 57.9 Å². The Morgan fingerprint density at radius 2 is 1.75 bits per heavy atom. The van der Waals surface area contributed by atoms with Crippen molar-refractivity contribution >= 4 is 43.8 Å². The van der Waals surface area contributed by atoms with Crippen molar-refractivity contribution < 1.29 is 13.2 Å². The van der Waals surface area contributed by atoms with Crippen LogP contribution < -0.4 is 9.57 Å². The quantitative estimate of drug-likeness (QED) is 0.383. The van der Waals surface area contributed by atoms with Crippen LogP contribution in [-0.2, 0) is 16.6 Å². The minimum absolute atomic E-state index is 0.0769. The van der Waals surface area contributed by atoms with Crippen molar-refractivity contribution in [1.29, 1.82) is 0 Å². The summed E-state index contributed by atoms with van der Waals surface area (Å²) < 4.78 is 31.0. The lowest BCUT2D eigenvalue weighted by molar-refractivity contribution is 0.306. The average molecular weight is 480 g/mol. The molecule has 3 aromatic rings. The number of hydrazone groups is 1. The van der Waals surface area contributed by atoms with Gasteiger partial charge >= 0.3 is 0 Å². The summed E-state index contributed by atoms with van der Waals surface area (Å²) in [5.41, 5.74) is 1.72. The van der Waals surface area contributed by atoms with Gasteiger partial charge in [-0.2, -0.15) is 13.5 Å². The predicted molar refractivity (Wildman–Crippen MR) is 114 cm³/mol. The minimum atomic E-state index is -3.77. The number of hydrogen-bond acceptors (Lipinski definition) is 4. The van der Waals surface area contributed by atoms with Crippen LogP contribution in [-0.4, -0.2) is 14.6 Å². The molecule has 3 rings (SSSR count). The summed E-state index contributed by atoms with van der Waals surface area (Å²) in [7, 11) is -3.77. The van der Waals surface area contributed by atoms with E-state index >= 15 is 0 Å². The zero-order valence-electron chi connectivity index (χ0n) is 14.5. The normalized spacial score (nSPS) is 11.5. The number of nitrogens with zero attached hydrogens (tertiary/aromatic N) is 1. The monoisotopic (exact) mass is 478 g/mol. The Kier molecular flexibility index (Phi) is 6.72. The van der Waals surface area contributed by atoms with Gasteiger partial charge in [0.25, 0.3) is 10.0 Å². The van der Waals surface area contributed by atoms with E-state index in [0.717, 1.165) is 10.0 Å². The lowest BCUT2D eigenvalue weighted by Gasteiger charge is -2.08. The van der Waals surface area contributed by atoms with Crippen molar-refractivity contribution in [3.63, 3.8) is 0 Å². The van der Waals surface area contributed by atoms with Gasteiger partial charge in [-0.25, -0.2) is 4.83 Å². The van der Waals surface area contributed by atoms with Gasteiger partial charge < -0.3 is 4.74 Å². The van der Waals surface area contributed by atoms with E-state index in [1.54, 1.807) is 6.07 Å². The van der Waals surface area contributed by atoms with Crippen molar-refractivity contribution in [2.45, 2.75) is 11.5 Å². The molecule has 0 radical (unpaired) electrons. The molecule has 28 heavy (non-hydrogen) atoms. The number of benzene rings is 3. The van der Waals surface area contributed by atoms with Gasteiger partial charge in [-0.05, 0) is 48.0 Å². The molecule has 1 N–H and O–H groups in total. The number of sulfonamides is 1. The molecule has 0 saturated carbocycles. The topological polar surface area (TPSA) is 67.8 Å². The van der Waals surface area contributed by atoms with Crippen molar-refractivity contribution in [3.8, 4) is 5.75 Å². The Morgan fingerprint density at radius 1 is 1.04 bits per heavy atom. The SMILES string of the molecule is O=S(=O)(NN=Cc1cc(OCc2ccccc2)ccc1Br)c1ccc(Cl)cc1. The second-order valence-electron chi connectivity index (χ2n) is 5.76. The van der Waals surface area contributed by atoms with Crippen LogP contribution in [0.25, 0.3) is 0 Å². The number of rotatable bonds is 7. The highest BCUT2D eigenvalue weighted by Crippen LogP contribution is 2.22. The molecule has 0 saturated heterocycles. The summed E-state index contributed by atoms with van der Waals surface area (Å²) in [6.45, 7) is 0.433. The second-order valence-corrected chi connectivity index (χ2v) is 8.72. The highest BCUT2D eigenvalue weighted by Gasteiger charge is 2.12. The highest BCUT2D eigenvalue weighted by molar-refractivity contribution is 9.10. The molecule has 0 spiro atoms. The van der Waals surface area contributed by atoms with Gasteiger partial charge in [-0.15, -0.1) is 0 Å². The molecule has 8 heteroatoms. The van der Waals surface area contributed by atoms with Crippen molar-refractivity contribution in [2.75, 3.05) is 0 Å². The summed E-state index contributed by atoms with van der Waals surface area (Å²) >= 11 is 9.20. The van der Waals surface area contributed by atoms with Gasteiger partial charge in [0.15, 0.2) is 0 Å². The van der Waals surface area contributed by atoms with Crippen molar-refractivity contribution in [2.24, 2.45) is 5.10 Å². The first-order valence-electron chi connectivity index (χ1n) is 8.21. The number of hydrogen-bond donors (Lipinski definition) is 1. The van der Waals surface area contributed by atoms with Gasteiger partial charge in [0.05, 0.1) is 11.1 Å². The third-order valence-electron chi connectivity index (χ3n) is 3.72. The van der Waals surface area contributed by atoms with Crippen LogP contribution in [0.15, 0.2) is 87.3 Å². The molecule has 0 atom stereocenters. The number of ether oxygens (including phenoxy) is 1. The third kappa shape index (κ3) is 5.58. The lowest BCUT2D eigenvalue weighted by Crippen LogP contribution is -2.18. The van der Waals surface area contributed by atoms with Crippen molar-refractivity contribution in [1.82, 2.24) is 4.83 Å². The first-order valence-corrected chi connectivity index (χ1v) is 10.9. The fourth-order valence-electron chi connectivity index (χ4n) is 2.28. The van der Waals surface area contributed by atoms with E-state index in [4.69, 9.17) is 16.3 Å². The molecule has 0 amide bonds. The second kappa shape index (κ2) is 9.23. The van der Waals surface area contributed by atoms with Crippen LogP contribution in [0.4, 0.5) is 0 Å². The summed E-state index contributed by atoms with van der Waals surface area (Å²) in [5, 5.41) is 4.31. The lowest BCUT2D eigenvalue weighted by atomic mass is 10.2. The minimum Gasteiger partial charge on any atom is -0.489 e. The molecule has 3 aromatic carbocycles. The molecule has 5 nitrogen and oxygen atoms in total. The molecule has 0 heterocycles. The van der Waals surface area contributed by atoms with Crippen LogP contribution in [0, 0.1) is 0 Å². The smallest absolute Gasteiger partial charge is 0.276 e. The van der Waals surface area contributed by atoms with Crippen LogP contribution in [0.3, 0.4) is 0 Å². The van der Waals surface area contributed by atoms with Crippen LogP contribution in [0.2, 0.25) is 5.02 Å². The maximum Gasteiger partial charge on any atom is 0.276 e. The molecule has 0 unspecified atom stereocenters. The summed E-state index contributed by atoms with van der Waals surface area (Å²) in [5.74, 6) is 0.647. The fraction of sp³-hybridized carbons (Fsp3) is 0.0500. The summed E-state index contributed by atoms with van der Waals surface area (Å²) in [6.07, 6.45) is 1.41. The molecule has 0 bridgehead atoms. The molecule has 0 aromatic heterocycles. The zero-order chi connectivity index (χ0) is 20.0.